The van der Waals surface area contributed by atoms with Crippen molar-refractivity contribution in [3.05, 3.63) is 58.7 Å². The Morgan fingerprint density at radius 2 is 2.00 bits per heavy atom. The van der Waals surface area contributed by atoms with Gasteiger partial charge in [0.15, 0.2) is 0 Å². The number of piperidine rings is 1. The van der Waals surface area contributed by atoms with E-state index in [0.29, 0.717) is 24.3 Å². The molecule has 2 aromatic carbocycles. The van der Waals surface area contributed by atoms with Crippen molar-refractivity contribution in [2.45, 2.75) is 44.7 Å². The predicted molar refractivity (Wildman–Crippen MR) is 121 cm³/mol. The summed E-state index contributed by atoms with van der Waals surface area (Å²) >= 11 is 0. The zero-order valence-electron chi connectivity index (χ0n) is 18.1. The Morgan fingerprint density at radius 3 is 2.73 bits per heavy atom. The van der Waals surface area contributed by atoms with Gasteiger partial charge < -0.3 is 20.1 Å². The molecule has 162 valence electrons. The maximum atomic E-state index is 12.9. The van der Waals surface area contributed by atoms with Gasteiger partial charge in [0.25, 0.3) is 5.91 Å². The topological polar surface area (TPSA) is 59.6 Å². The summed E-state index contributed by atoms with van der Waals surface area (Å²) in [5.41, 5.74) is 4.48. The highest BCUT2D eigenvalue weighted by molar-refractivity contribution is 5.94. The summed E-state index contributed by atoms with van der Waals surface area (Å²) in [5.74, 6) is 1.94. The zero-order valence-corrected chi connectivity index (χ0v) is 18.9. The van der Waals surface area contributed by atoms with Crippen molar-refractivity contribution in [1.29, 1.82) is 0 Å². The van der Waals surface area contributed by atoms with Gasteiger partial charge in [-0.15, -0.1) is 12.4 Å². The van der Waals surface area contributed by atoms with E-state index in [2.05, 4.69) is 36.6 Å². The standard InChI is InChI=1S/C24H30N2O3.ClH/c1-15-21-12-16-5-6-17(11-20(16)24(15,2)9-10-25-21)23(27)26-14-18-7-8-19(28-3)13-22(18)29-4;/h5-8,11,13,15,21,25H,9-10,12,14H2,1-4H3,(H,26,27);1H. The van der Waals surface area contributed by atoms with Crippen molar-refractivity contribution in [3.63, 3.8) is 0 Å². The van der Waals surface area contributed by atoms with Crippen LogP contribution in [0.3, 0.4) is 0 Å². The van der Waals surface area contributed by atoms with Crippen molar-refractivity contribution >= 4 is 18.3 Å². The van der Waals surface area contributed by atoms with Crippen molar-refractivity contribution < 1.29 is 14.3 Å². The summed E-state index contributed by atoms with van der Waals surface area (Å²) in [6.07, 6.45) is 2.14. The van der Waals surface area contributed by atoms with Crippen LogP contribution in [0.1, 0.15) is 47.3 Å². The summed E-state index contributed by atoms with van der Waals surface area (Å²) in [4.78, 5) is 12.9. The molecule has 1 aliphatic carbocycles. The monoisotopic (exact) mass is 430 g/mol. The first-order chi connectivity index (χ1) is 14.0. The summed E-state index contributed by atoms with van der Waals surface area (Å²) in [6.45, 7) is 6.14. The quantitative estimate of drug-likeness (QED) is 0.756. The van der Waals surface area contributed by atoms with Crippen LogP contribution < -0.4 is 20.1 Å². The SMILES string of the molecule is COc1ccc(CNC(=O)c2ccc3c(c2)C2(C)CCNC(C3)C2C)c(OC)c1.Cl. The van der Waals surface area contributed by atoms with Crippen molar-refractivity contribution in [3.8, 4) is 11.5 Å². The van der Waals surface area contributed by atoms with Gasteiger partial charge in [-0.3, -0.25) is 4.79 Å². The lowest BCUT2D eigenvalue weighted by molar-refractivity contribution is 0.0950. The number of amides is 1. The molecular weight excluding hydrogens is 400 g/mol. The van der Waals surface area contributed by atoms with Gasteiger partial charge in [-0.25, -0.2) is 0 Å². The highest BCUT2D eigenvalue weighted by atomic mass is 35.5. The molecule has 5 nitrogen and oxygen atoms in total. The van der Waals surface area contributed by atoms with E-state index in [0.717, 1.165) is 36.3 Å². The van der Waals surface area contributed by atoms with Gasteiger partial charge in [0.2, 0.25) is 0 Å². The number of halogens is 1. The number of carbonyl (C=O) groups excluding carboxylic acids is 1. The number of benzene rings is 2. The number of fused-ring (bicyclic) bond motifs is 4. The second-order valence-corrected chi connectivity index (χ2v) is 8.45. The first-order valence-corrected chi connectivity index (χ1v) is 10.3. The van der Waals surface area contributed by atoms with Crippen LogP contribution in [-0.4, -0.2) is 32.7 Å². The lowest BCUT2D eigenvalue weighted by Crippen LogP contribution is -2.56. The molecule has 1 heterocycles. The normalized spacial score (nSPS) is 24.3. The average molecular weight is 431 g/mol. The lowest BCUT2D eigenvalue weighted by atomic mass is 9.59. The van der Waals surface area contributed by atoms with Gasteiger partial charge in [0, 0.05) is 29.8 Å². The third kappa shape index (κ3) is 3.88. The zero-order chi connectivity index (χ0) is 20.6. The van der Waals surface area contributed by atoms with Gasteiger partial charge in [-0.05, 0) is 66.1 Å². The van der Waals surface area contributed by atoms with Crippen LogP contribution in [-0.2, 0) is 18.4 Å². The molecule has 0 aromatic heterocycles. The Morgan fingerprint density at radius 1 is 1.20 bits per heavy atom. The fraction of sp³-hybridized carbons (Fsp3) is 0.458. The van der Waals surface area contributed by atoms with Crippen LogP contribution in [0.15, 0.2) is 36.4 Å². The van der Waals surface area contributed by atoms with E-state index in [4.69, 9.17) is 9.47 Å². The second-order valence-electron chi connectivity index (χ2n) is 8.45. The maximum Gasteiger partial charge on any atom is 0.251 e. The van der Waals surface area contributed by atoms with E-state index in [1.54, 1.807) is 14.2 Å². The Balaban J connectivity index is 0.00000256. The van der Waals surface area contributed by atoms with Gasteiger partial charge in [-0.1, -0.05) is 19.9 Å². The summed E-state index contributed by atoms with van der Waals surface area (Å²) in [7, 11) is 3.25. The number of carbonyl (C=O) groups is 1. The Labute approximate surface area is 184 Å². The van der Waals surface area contributed by atoms with Crippen LogP contribution in [0.2, 0.25) is 0 Å². The molecule has 1 fully saturated rings. The molecule has 2 aromatic rings. The van der Waals surface area contributed by atoms with Crippen LogP contribution in [0.4, 0.5) is 0 Å². The predicted octanol–water partition coefficient (Wildman–Crippen LogP) is 3.87. The Hall–Kier alpha value is -2.24. The van der Waals surface area contributed by atoms with Gasteiger partial charge in [0.05, 0.1) is 14.2 Å². The molecule has 0 radical (unpaired) electrons. The van der Waals surface area contributed by atoms with E-state index in [1.807, 2.05) is 24.3 Å². The van der Waals surface area contributed by atoms with Crippen LogP contribution in [0, 0.1) is 5.92 Å². The average Bonchev–Trinajstić information content (AvgIpc) is 2.74. The fourth-order valence-electron chi connectivity index (χ4n) is 4.93. The third-order valence-electron chi connectivity index (χ3n) is 7.02. The molecule has 0 spiro atoms. The molecule has 1 aliphatic heterocycles. The van der Waals surface area contributed by atoms with E-state index >= 15 is 0 Å². The van der Waals surface area contributed by atoms with Crippen molar-refractivity contribution in [2.24, 2.45) is 5.92 Å². The molecule has 6 heteroatoms. The van der Waals surface area contributed by atoms with E-state index < -0.39 is 0 Å². The maximum absolute atomic E-state index is 12.9. The molecule has 1 amide bonds. The van der Waals surface area contributed by atoms with Crippen LogP contribution in [0.5, 0.6) is 11.5 Å². The summed E-state index contributed by atoms with van der Waals surface area (Å²) in [6, 6.07) is 12.4. The van der Waals surface area contributed by atoms with Crippen LogP contribution >= 0.6 is 12.4 Å². The molecule has 3 atom stereocenters. The number of rotatable bonds is 5. The Bertz CT molecular complexity index is 933. The van der Waals surface area contributed by atoms with Crippen molar-refractivity contribution in [2.75, 3.05) is 20.8 Å². The van der Waals surface area contributed by atoms with E-state index in [9.17, 15) is 4.79 Å². The summed E-state index contributed by atoms with van der Waals surface area (Å²) < 4.78 is 10.7. The van der Waals surface area contributed by atoms with Gasteiger partial charge in [0.1, 0.15) is 11.5 Å². The molecule has 0 saturated carbocycles. The molecule has 3 unspecified atom stereocenters. The molecular formula is C24H31ClN2O3. The molecule has 30 heavy (non-hydrogen) atoms. The van der Waals surface area contributed by atoms with Gasteiger partial charge in [-0.2, -0.15) is 0 Å². The minimum absolute atomic E-state index is 0. The largest absolute Gasteiger partial charge is 0.497 e. The lowest BCUT2D eigenvalue weighted by Gasteiger charge is -2.50. The van der Waals surface area contributed by atoms with Crippen LogP contribution in [0.25, 0.3) is 0 Å². The molecule has 2 bridgehead atoms. The second kappa shape index (κ2) is 8.86. The highest BCUT2D eigenvalue weighted by Gasteiger charge is 2.45. The molecule has 4 rings (SSSR count). The fourth-order valence-corrected chi connectivity index (χ4v) is 4.93. The number of nitrogens with one attached hydrogen (secondary N) is 2. The van der Waals surface area contributed by atoms with E-state index in [-0.39, 0.29) is 23.7 Å². The first-order valence-electron chi connectivity index (χ1n) is 10.3. The van der Waals surface area contributed by atoms with E-state index in [1.165, 1.54) is 11.1 Å². The highest BCUT2D eigenvalue weighted by Crippen LogP contribution is 2.46. The van der Waals surface area contributed by atoms with Gasteiger partial charge >= 0.3 is 0 Å². The molecule has 2 aliphatic rings. The summed E-state index contributed by atoms with van der Waals surface area (Å²) in [5, 5.41) is 6.70. The number of methoxy groups -OCH3 is 2. The number of hydrogen-bond acceptors (Lipinski definition) is 4. The first kappa shape index (κ1) is 22.4. The molecule has 2 N–H and O–H groups in total. The molecule has 1 saturated heterocycles. The minimum Gasteiger partial charge on any atom is -0.497 e. The Kier molecular flexibility index (Phi) is 6.63. The smallest absolute Gasteiger partial charge is 0.251 e. The number of ether oxygens (including phenoxy) is 2. The number of hydrogen-bond donors (Lipinski definition) is 2. The van der Waals surface area contributed by atoms with Crippen molar-refractivity contribution in [1.82, 2.24) is 10.6 Å². The third-order valence-corrected chi connectivity index (χ3v) is 7.02. The minimum atomic E-state index is -0.0574.